The molecule has 4 nitrogen and oxygen atoms in total. The van der Waals surface area contributed by atoms with Crippen molar-refractivity contribution in [3.8, 4) is 5.75 Å². The molecule has 0 saturated carbocycles. The van der Waals surface area contributed by atoms with Gasteiger partial charge in [0.1, 0.15) is 18.2 Å². The maximum atomic E-state index is 13.5. The van der Waals surface area contributed by atoms with Crippen LogP contribution in [-0.2, 0) is 0 Å². The number of hydrogen-bond donors (Lipinski definition) is 0. The number of benzene rings is 2. The van der Waals surface area contributed by atoms with Gasteiger partial charge in [0.05, 0.1) is 11.7 Å². The van der Waals surface area contributed by atoms with E-state index in [0.717, 1.165) is 49.8 Å². The third-order valence-corrected chi connectivity index (χ3v) is 6.27. The number of ether oxygens (including phenoxy) is 1. The summed E-state index contributed by atoms with van der Waals surface area (Å²) in [5.74, 6) is 1.36. The van der Waals surface area contributed by atoms with Gasteiger partial charge in [-0.2, -0.15) is 0 Å². The van der Waals surface area contributed by atoms with E-state index < -0.39 is 0 Å². The van der Waals surface area contributed by atoms with Gasteiger partial charge in [-0.3, -0.25) is 14.8 Å². The van der Waals surface area contributed by atoms with Gasteiger partial charge < -0.3 is 4.74 Å². The summed E-state index contributed by atoms with van der Waals surface area (Å²) in [6.45, 7) is 4.88. The predicted molar refractivity (Wildman–Crippen MR) is 126 cm³/mol. The minimum absolute atomic E-state index is 0.0223. The van der Waals surface area contributed by atoms with E-state index in [9.17, 15) is 4.39 Å². The molecule has 0 aliphatic carbocycles. The standard InChI is InChI=1S/C27H32FN3O/c1-30(27(26-9-5-6-16-29-26)23-10-12-24(28)13-11-23)21-22-14-17-31(18-15-22)19-20-32-25-7-3-2-4-8-25/h2-13,16,22,27H,14-15,17-21H2,1H3/t27-/m1/s1. The van der Waals surface area contributed by atoms with Crippen LogP contribution in [0.15, 0.2) is 79.0 Å². The molecule has 2 heterocycles. The molecule has 1 aromatic heterocycles. The summed E-state index contributed by atoms with van der Waals surface area (Å²) in [6.07, 6.45) is 4.18. The van der Waals surface area contributed by atoms with Crippen molar-refractivity contribution in [1.29, 1.82) is 0 Å². The average Bonchev–Trinajstić information content (AvgIpc) is 2.83. The Hall–Kier alpha value is -2.76. The van der Waals surface area contributed by atoms with E-state index in [-0.39, 0.29) is 11.9 Å². The van der Waals surface area contributed by atoms with Gasteiger partial charge in [-0.15, -0.1) is 0 Å². The smallest absolute Gasteiger partial charge is 0.123 e. The Labute approximate surface area is 190 Å². The Morgan fingerprint density at radius 1 is 1.00 bits per heavy atom. The molecule has 0 spiro atoms. The lowest BCUT2D eigenvalue weighted by Crippen LogP contribution is -2.40. The van der Waals surface area contributed by atoms with Crippen LogP contribution in [0.1, 0.15) is 30.1 Å². The number of nitrogens with zero attached hydrogens (tertiary/aromatic N) is 3. The largest absolute Gasteiger partial charge is 0.492 e. The Kier molecular flexibility index (Phi) is 7.86. The number of hydrogen-bond acceptors (Lipinski definition) is 4. The first-order valence-electron chi connectivity index (χ1n) is 11.5. The minimum atomic E-state index is -0.209. The fourth-order valence-corrected chi connectivity index (χ4v) is 4.55. The third kappa shape index (κ3) is 6.15. The molecule has 1 aliphatic rings. The van der Waals surface area contributed by atoms with E-state index in [4.69, 9.17) is 4.74 Å². The number of pyridine rings is 1. The highest BCUT2D eigenvalue weighted by molar-refractivity contribution is 5.28. The van der Waals surface area contributed by atoms with Gasteiger partial charge in [0.2, 0.25) is 0 Å². The van der Waals surface area contributed by atoms with Gasteiger partial charge >= 0.3 is 0 Å². The molecule has 0 unspecified atom stereocenters. The van der Waals surface area contributed by atoms with Gasteiger partial charge in [0, 0.05) is 19.3 Å². The quantitative estimate of drug-likeness (QED) is 0.473. The predicted octanol–water partition coefficient (Wildman–Crippen LogP) is 5.03. The number of aromatic nitrogens is 1. The van der Waals surface area contributed by atoms with Crippen LogP contribution in [0.5, 0.6) is 5.75 Å². The second-order valence-corrected chi connectivity index (χ2v) is 8.59. The Morgan fingerprint density at radius 2 is 1.72 bits per heavy atom. The van der Waals surface area contributed by atoms with Crippen molar-refractivity contribution in [3.05, 3.63) is 96.1 Å². The number of rotatable bonds is 9. The molecule has 1 saturated heterocycles. The molecule has 0 N–H and O–H groups in total. The van der Waals surface area contributed by atoms with Gasteiger partial charge in [0.15, 0.2) is 0 Å². The molecule has 5 heteroatoms. The van der Waals surface area contributed by atoms with E-state index in [2.05, 4.69) is 27.9 Å². The molecule has 1 fully saturated rings. The zero-order valence-electron chi connectivity index (χ0n) is 18.7. The maximum Gasteiger partial charge on any atom is 0.123 e. The highest BCUT2D eigenvalue weighted by atomic mass is 19.1. The van der Waals surface area contributed by atoms with Crippen molar-refractivity contribution in [1.82, 2.24) is 14.8 Å². The molecular formula is C27H32FN3O. The lowest BCUT2D eigenvalue weighted by Gasteiger charge is -2.36. The summed E-state index contributed by atoms with van der Waals surface area (Å²) in [5.41, 5.74) is 2.07. The van der Waals surface area contributed by atoms with Gasteiger partial charge in [-0.25, -0.2) is 4.39 Å². The highest BCUT2D eigenvalue weighted by Crippen LogP contribution is 2.29. The third-order valence-electron chi connectivity index (χ3n) is 6.27. The lowest BCUT2D eigenvalue weighted by molar-refractivity contribution is 0.127. The topological polar surface area (TPSA) is 28.6 Å². The Bertz CT molecular complexity index is 928. The number of para-hydroxylation sites is 1. The van der Waals surface area contributed by atoms with Crippen molar-refractivity contribution in [2.24, 2.45) is 5.92 Å². The molecule has 168 valence electrons. The van der Waals surface area contributed by atoms with E-state index in [1.54, 1.807) is 0 Å². The normalized spacial score (nSPS) is 16.2. The fourth-order valence-electron chi connectivity index (χ4n) is 4.55. The lowest BCUT2D eigenvalue weighted by atomic mass is 9.94. The number of piperidine rings is 1. The summed E-state index contributed by atoms with van der Waals surface area (Å²) in [6, 6.07) is 22.9. The van der Waals surface area contributed by atoms with Crippen LogP contribution in [0.2, 0.25) is 0 Å². The molecule has 32 heavy (non-hydrogen) atoms. The monoisotopic (exact) mass is 433 g/mol. The van der Waals surface area contributed by atoms with E-state index in [1.165, 1.54) is 25.0 Å². The van der Waals surface area contributed by atoms with Crippen LogP contribution in [0, 0.1) is 11.7 Å². The number of halogens is 1. The first-order valence-corrected chi connectivity index (χ1v) is 11.5. The van der Waals surface area contributed by atoms with Crippen molar-refractivity contribution < 1.29 is 9.13 Å². The average molecular weight is 434 g/mol. The zero-order chi connectivity index (χ0) is 22.2. The number of likely N-dealkylation sites (tertiary alicyclic amines) is 1. The van der Waals surface area contributed by atoms with Crippen LogP contribution in [0.3, 0.4) is 0 Å². The van der Waals surface area contributed by atoms with Crippen LogP contribution < -0.4 is 4.74 Å². The first-order chi connectivity index (χ1) is 15.7. The van der Waals surface area contributed by atoms with Gasteiger partial charge in [0.25, 0.3) is 0 Å². The molecule has 2 aromatic carbocycles. The minimum Gasteiger partial charge on any atom is -0.492 e. The van der Waals surface area contributed by atoms with E-state index in [1.807, 2.05) is 60.8 Å². The zero-order valence-corrected chi connectivity index (χ0v) is 18.7. The molecule has 0 amide bonds. The molecule has 1 aliphatic heterocycles. The fraction of sp³-hybridized carbons (Fsp3) is 0.370. The Morgan fingerprint density at radius 3 is 2.41 bits per heavy atom. The summed E-state index contributed by atoms with van der Waals surface area (Å²) in [5, 5.41) is 0. The first kappa shape index (κ1) is 22.4. The summed E-state index contributed by atoms with van der Waals surface area (Å²) < 4.78 is 19.4. The van der Waals surface area contributed by atoms with Gasteiger partial charge in [-0.1, -0.05) is 36.4 Å². The van der Waals surface area contributed by atoms with Crippen LogP contribution in [-0.4, -0.2) is 54.6 Å². The van der Waals surface area contributed by atoms with Crippen LogP contribution >= 0.6 is 0 Å². The van der Waals surface area contributed by atoms with Crippen LogP contribution in [0.4, 0.5) is 4.39 Å². The maximum absolute atomic E-state index is 13.5. The van der Waals surface area contributed by atoms with Crippen molar-refractivity contribution in [2.75, 3.05) is 39.8 Å². The second-order valence-electron chi connectivity index (χ2n) is 8.59. The van der Waals surface area contributed by atoms with Crippen molar-refractivity contribution in [2.45, 2.75) is 18.9 Å². The Balaban J connectivity index is 1.30. The highest BCUT2D eigenvalue weighted by Gasteiger charge is 2.26. The second kappa shape index (κ2) is 11.2. The molecule has 0 radical (unpaired) electrons. The molecule has 3 aromatic rings. The van der Waals surface area contributed by atoms with Crippen molar-refractivity contribution in [3.63, 3.8) is 0 Å². The molecule has 1 atom stereocenters. The van der Waals surface area contributed by atoms with Crippen LogP contribution in [0.25, 0.3) is 0 Å². The molecular weight excluding hydrogens is 401 g/mol. The van der Waals surface area contributed by atoms with E-state index in [0.29, 0.717) is 5.92 Å². The summed E-state index contributed by atoms with van der Waals surface area (Å²) in [4.78, 5) is 9.47. The molecule has 4 rings (SSSR count). The summed E-state index contributed by atoms with van der Waals surface area (Å²) in [7, 11) is 2.16. The van der Waals surface area contributed by atoms with E-state index >= 15 is 0 Å². The SMILES string of the molecule is CN(CC1CCN(CCOc2ccccc2)CC1)[C@H](c1ccc(F)cc1)c1ccccn1. The molecule has 0 bridgehead atoms. The summed E-state index contributed by atoms with van der Waals surface area (Å²) >= 11 is 0. The van der Waals surface area contributed by atoms with Gasteiger partial charge in [-0.05, 0) is 80.9 Å². The van der Waals surface area contributed by atoms with Crippen molar-refractivity contribution >= 4 is 0 Å².